The lowest BCUT2D eigenvalue weighted by molar-refractivity contribution is -0.142. The number of nitrogens with one attached hydrogen (secondary N) is 1. The number of H-pyrrole nitrogens is 1. The molecule has 1 aromatic carbocycles. The number of unbranched alkanes of at least 4 members (excludes halogenated alkanes) is 1. The summed E-state index contributed by atoms with van der Waals surface area (Å²) in [5.74, 6) is -0.960. The number of hydrogen-bond acceptors (Lipinski definition) is 5. The van der Waals surface area contributed by atoms with Gasteiger partial charge >= 0.3 is 5.97 Å². The SMILES string of the molecule is CC.Cc1ccccc1.O=C(O)C(CCCCO)Cc1nn[nH]n1. The smallest absolute Gasteiger partial charge is 0.306 e. The lowest BCUT2D eigenvalue weighted by Gasteiger charge is -2.08. The quantitative estimate of drug-likeness (QED) is 0.670. The van der Waals surface area contributed by atoms with Crippen LogP contribution in [-0.2, 0) is 11.2 Å². The van der Waals surface area contributed by atoms with Gasteiger partial charge < -0.3 is 10.2 Å². The molecule has 0 bridgehead atoms. The lowest BCUT2D eigenvalue weighted by Crippen LogP contribution is -2.17. The first-order valence-electron chi connectivity index (χ1n) is 8.21. The number of aromatic amines is 1. The molecule has 1 aromatic heterocycles. The van der Waals surface area contributed by atoms with Gasteiger partial charge in [-0.25, -0.2) is 0 Å². The number of aliphatic hydroxyl groups excluding tert-OH is 1. The molecular weight excluding hydrogens is 308 g/mol. The Kier molecular flexibility index (Phi) is 13.0. The minimum atomic E-state index is -0.863. The zero-order valence-electron chi connectivity index (χ0n) is 14.6. The highest BCUT2D eigenvalue weighted by Crippen LogP contribution is 2.12. The lowest BCUT2D eigenvalue weighted by atomic mass is 9.98. The Morgan fingerprint density at radius 1 is 1.21 bits per heavy atom. The molecule has 1 atom stereocenters. The van der Waals surface area contributed by atoms with E-state index in [1.807, 2.05) is 32.0 Å². The second kappa shape index (κ2) is 14.3. The van der Waals surface area contributed by atoms with Gasteiger partial charge in [-0.2, -0.15) is 5.21 Å². The normalized spacial score (nSPS) is 10.7. The van der Waals surface area contributed by atoms with Crippen molar-refractivity contribution in [3.05, 3.63) is 41.7 Å². The summed E-state index contributed by atoms with van der Waals surface area (Å²) in [5, 5.41) is 30.6. The number of carbonyl (C=O) groups is 1. The van der Waals surface area contributed by atoms with Crippen LogP contribution < -0.4 is 0 Å². The third kappa shape index (κ3) is 10.4. The number of nitrogens with zero attached hydrogens (tertiary/aromatic N) is 3. The molecular formula is C17H28N4O3. The van der Waals surface area contributed by atoms with Crippen molar-refractivity contribution in [3.63, 3.8) is 0 Å². The number of rotatable bonds is 7. The van der Waals surface area contributed by atoms with E-state index in [1.54, 1.807) is 0 Å². The molecule has 1 unspecified atom stereocenters. The molecule has 0 aliphatic heterocycles. The van der Waals surface area contributed by atoms with Crippen molar-refractivity contribution in [1.82, 2.24) is 20.6 Å². The monoisotopic (exact) mass is 336 g/mol. The highest BCUT2D eigenvalue weighted by molar-refractivity contribution is 5.70. The molecule has 0 fully saturated rings. The number of tetrazole rings is 1. The van der Waals surface area contributed by atoms with E-state index in [-0.39, 0.29) is 13.0 Å². The van der Waals surface area contributed by atoms with Gasteiger partial charge in [0, 0.05) is 13.0 Å². The fraction of sp³-hybridized carbons (Fsp3) is 0.529. The first kappa shape index (κ1) is 21.7. The molecule has 2 aromatic rings. The van der Waals surface area contributed by atoms with Gasteiger partial charge in [-0.15, -0.1) is 10.2 Å². The largest absolute Gasteiger partial charge is 0.481 e. The summed E-state index contributed by atoms with van der Waals surface area (Å²) in [4.78, 5) is 10.9. The summed E-state index contributed by atoms with van der Waals surface area (Å²) >= 11 is 0. The Morgan fingerprint density at radius 2 is 1.88 bits per heavy atom. The van der Waals surface area contributed by atoms with E-state index in [4.69, 9.17) is 10.2 Å². The molecule has 7 heteroatoms. The Bertz CT molecular complexity index is 518. The van der Waals surface area contributed by atoms with E-state index in [1.165, 1.54) is 5.56 Å². The molecule has 0 saturated heterocycles. The van der Waals surface area contributed by atoms with E-state index in [0.29, 0.717) is 25.1 Å². The molecule has 24 heavy (non-hydrogen) atoms. The number of hydrogen-bond donors (Lipinski definition) is 3. The summed E-state index contributed by atoms with van der Waals surface area (Å²) in [6.45, 7) is 6.18. The van der Waals surface area contributed by atoms with Crippen LogP contribution in [0.1, 0.15) is 44.5 Å². The van der Waals surface area contributed by atoms with Crippen molar-refractivity contribution in [2.45, 2.75) is 46.5 Å². The van der Waals surface area contributed by atoms with E-state index in [2.05, 4.69) is 39.7 Å². The predicted molar refractivity (Wildman–Crippen MR) is 92.5 cm³/mol. The maximum atomic E-state index is 10.9. The van der Waals surface area contributed by atoms with Crippen LogP contribution in [0.2, 0.25) is 0 Å². The Labute approximate surface area is 143 Å². The second-order valence-corrected chi connectivity index (χ2v) is 4.94. The van der Waals surface area contributed by atoms with E-state index >= 15 is 0 Å². The predicted octanol–water partition coefficient (Wildman–Crippen LogP) is 2.63. The average Bonchev–Trinajstić information content (AvgIpc) is 3.10. The molecule has 0 radical (unpaired) electrons. The van der Waals surface area contributed by atoms with Crippen LogP contribution in [0.25, 0.3) is 0 Å². The fourth-order valence-electron chi connectivity index (χ4n) is 1.84. The van der Waals surface area contributed by atoms with Crippen LogP contribution in [-0.4, -0.2) is 43.4 Å². The number of carboxylic acid groups (broad SMARTS) is 1. The van der Waals surface area contributed by atoms with Gasteiger partial charge in [-0.05, 0) is 19.8 Å². The summed E-state index contributed by atoms with van der Waals surface area (Å²) in [7, 11) is 0. The van der Waals surface area contributed by atoms with Crippen LogP contribution in [0.4, 0.5) is 0 Å². The van der Waals surface area contributed by atoms with Gasteiger partial charge in [0.1, 0.15) is 0 Å². The Morgan fingerprint density at radius 3 is 2.29 bits per heavy atom. The number of aryl methyl sites for hydroxylation is 1. The minimum Gasteiger partial charge on any atom is -0.481 e. The highest BCUT2D eigenvalue weighted by Gasteiger charge is 2.19. The van der Waals surface area contributed by atoms with Crippen LogP contribution in [0.5, 0.6) is 0 Å². The first-order chi connectivity index (χ1) is 11.6. The van der Waals surface area contributed by atoms with Gasteiger partial charge in [0.2, 0.25) is 0 Å². The van der Waals surface area contributed by atoms with Gasteiger partial charge in [-0.3, -0.25) is 4.79 Å². The fourth-order valence-corrected chi connectivity index (χ4v) is 1.84. The maximum absolute atomic E-state index is 10.9. The average molecular weight is 336 g/mol. The number of aromatic nitrogens is 4. The van der Waals surface area contributed by atoms with Crippen molar-refractivity contribution in [3.8, 4) is 0 Å². The number of carboxylic acids is 1. The van der Waals surface area contributed by atoms with Crippen molar-refractivity contribution < 1.29 is 15.0 Å². The van der Waals surface area contributed by atoms with Crippen LogP contribution in [0.15, 0.2) is 30.3 Å². The molecule has 7 nitrogen and oxygen atoms in total. The van der Waals surface area contributed by atoms with Gasteiger partial charge in [-0.1, -0.05) is 61.4 Å². The van der Waals surface area contributed by atoms with Crippen LogP contribution >= 0.6 is 0 Å². The number of aliphatic carboxylic acids is 1. The summed E-state index contributed by atoms with van der Waals surface area (Å²) in [6, 6.07) is 10.3. The zero-order chi connectivity index (χ0) is 18.2. The van der Waals surface area contributed by atoms with E-state index in [9.17, 15) is 4.79 Å². The molecule has 0 aliphatic rings. The summed E-state index contributed by atoms with van der Waals surface area (Å²) in [5.41, 5.74) is 1.32. The van der Waals surface area contributed by atoms with Gasteiger partial charge in [0.05, 0.1) is 5.92 Å². The second-order valence-electron chi connectivity index (χ2n) is 4.94. The molecule has 0 aliphatic carbocycles. The van der Waals surface area contributed by atoms with Gasteiger partial charge in [0.15, 0.2) is 5.82 Å². The number of aliphatic hydroxyl groups is 1. The topological polar surface area (TPSA) is 112 Å². The first-order valence-corrected chi connectivity index (χ1v) is 8.21. The van der Waals surface area contributed by atoms with Crippen molar-refractivity contribution in [2.24, 2.45) is 5.92 Å². The third-order valence-electron chi connectivity index (χ3n) is 3.07. The van der Waals surface area contributed by atoms with E-state index < -0.39 is 11.9 Å². The Hall–Kier alpha value is -2.28. The summed E-state index contributed by atoms with van der Waals surface area (Å²) < 4.78 is 0. The maximum Gasteiger partial charge on any atom is 0.306 e. The molecule has 0 spiro atoms. The number of benzene rings is 1. The molecule has 134 valence electrons. The molecule has 2 rings (SSSR count). The van der Waals surface area contributed by atoms with Gasteiger partial charge in [0.25, 0.3) is 0 Å². The van der Waals surface area contributed by atoms with E-state index in [0.717, 1.165) is 0 Å². The van der Waals surface area contributed by atoms with Crippen molar-refractivity contribution >= 4 is 5.97 Å². The van der Waals surface area contributed by atoms with Crippen LogP contribution in [0.3, 0.4) is 0 Å². The molecule has 1 heterocycles. The Balaban J connectivity index is 0.000000488. The van der Waals surface area contributed by atoms with Crippen molar-refractivity contribution in [1.29, 1.82) is 0 Å². The van der Waals surface area contributed by atoms with Crippen molar-refractivity contribution in [2.75, 3.05) is 6.61 Å². The highest BCUT2D eigenvalue weighted by atomic mass is 16.4. The summed E-state index contributed by atoms with van der Waals surface area (Å²) in [6.07, 6.45) is 2.10. The standard InChI is InChI=1S/C8H14N4O3.C7H8.C2H6/c13-4-2-1-3-6(8(14)15)5-7-9-11-12-10-7;1-7-5-3-2-4-6-7;1-2/h6,13H,1-5H2,(H,14,15)(H,9,10,11,12);2-6H,1H3;1-2H3. The molecule has 3 N–H and O–H groups in total. The van der Waals surface area contributed by atoms with Crippen LogP contribution in [0, 0.1) is 12.8 Å². The minimum absolute atomic E-state index is 0.0918. The molecule has 0 saturated carbocycles. The third-order valence-corrected chi connectivity index (χ3v) is 3.07. The molecule has 0 amide bonds. The zero-order valence-corrected chi connectivity index (χ0v) is 14.6.